The molecule has 0 amide bonds. The SMILES string of the molecule is CCCOc1ccc2ccc(=O)[nH]c2c1. The number of aromatic amines is 1. The highest BCUT2D eigenvalue weighted by molar-refractivity contribution is 5.79. The summed E-state index contributed by atoms with van der Waals surface area (Å²) in [5.41, 5.74) is 0.728. The van der Waals surface area contributed by atoms with Crippen LogP contribution in [0.2, 0.25) is 0 Å². The number of benzene rings is 1. The predicted molar refractivity (Wildman–Crippen MR) is 60.4 cm³/mol. The molecule has 3 nitrogen and oxygen atoms in total. The van der Waals surface area contributed by atoms with E-state index in [1.54, 1.807) is 6.07 Å². The van der Waals surface area contributed by atoms with E-state index in [9.17, 15) is 4.79 Å². The number of fused-ring (bicyclic) bond motifs is 1. The van der Waals surface area contributed by atoms with Crippen molar-refractivity contribution in [3.8, 4) is 5.75 Å². The second kappa shape index (κ2) is 4.17. The van der Waals surface area contributed by atoms with Gasteiger partial charge in [0.25, 0.3) is 0 Å². The monoisotopic (exact) mass is 203 g/mol. The first-order chi connectivity index (χ1) is 7.29. The van der Waals surface area contributed by atoms with Crippen LogP contribution in [0.3, 0.4) is 0 Å². The fourth-order valence-electron chi connectivity index (χ4n) is 1.44. The lowest BCUT2D eigenvalue weighted by Crippen LogP contribution is -2.02. The number of aromatic nitrogens is 1. The van der Waals surface area contributed by atoms with Crippen LogP contribution < -0.4 is 10.3 Å². The Morgan fingerprint density at radius 1 is 1.27 bits per heavy atom. The molecule has 0 aliphatic rings. The average molecular weight is 203 g/mol. The first kappa shape index (κ1) is 9.77. The molecule has 0 saturated carbocycles. The summed E-state index contributed by atoms with van der Waals surface area (Å²) in [6, 6.07) is 9.03. The minimum absolute atomic E-state index is 0.0878. The summed E-state index contributed by atoms with van der Waals surface area (Å²) >= 11 is 0. The standard InChI is InChI=1S/C12H13NO2/c1-2-7-15-10-5-3-9-4-6-12(14)13-11(9)8-10/h3-6,8H,2,7H2,1H3,(H,13,14). The molecule has 0 fully saturated rings. The van der Waals surface area contributed by atoms with Gasteiger partial charge in [0.05, 0.1) is 12.1 Å². The summed E-state index contributed by atoms with van der Waals surface area (Å²) in [6.07, 6.45) is 0.976. The predicted octanol–water partition coefficient (Wildman–Crippen LogP) is 2.32. The lowest BCUT2D eigenvalue weighted by Gasteiger charge is -2.05. The molecule has 1 aromatic heterocycles. The Bertz CT molecular complexity index is 516. The number of nitrogens with one attached hydrogen (secondary N) is 1. The Balaban J connectivity index is 2.40. The van der Waals surface area contributed by atoms with Crippen LogP contribution in [0.5, 0.6) is 5.75 Å². The molecule has 0 unspecified atom stereocenters. The maximum Gasteiger partial charge on any atom is 0.248 e. The molecule has 1 aromatic carbocycles. The number of rotatable bonds is 3. The first-order valence-electron chi connectivity index (χ1n) is 5.05. The molecule has 1 N–H and O–H groups in total. The summed E-state index contributed by atoms with van der Waals surface area (Å²) in [5.74, 6) is 0.797. The van der Waals surface area contributed by atoms with Crippen LogP contribution in [0.15, 0.2) is 35.1 Å². The molecule has 0 radical (unpaired) electrons. The van der Waals surface area contributed by atoms with Gasteiger partial charge < -0.3 is 9.72 Å². The average Bonchev–Trinajstić information content (AvgIpc) is 2.25. The van der Waals surface area contributed by atoms with Crippen molar-refractivity contribution >= 4 is 10.9 Å². The summed E-state index contributed by atoms with van der Waals surface area (Å²) in [6.45, 7) is 2.76. The van der Waals surface area contributed by atoms with Crippen LogP contribution >= 0.6 is 0 Å². The molecular weight excluding hydrogens is 190 g/mol. The van der Waals surface area contributed by atoms with Gasteiger partial charge >= 0.3 is 0 Å². The summed E-state index contributed by atoms with van der Waals surface area (Å²) in [5, 5.41) is 1.01. The van der Waals surface area contributed by atoms with Crippen molar-refractivity contribution in [1.29, 1.82) is 0 Å². The molecule has 0 aliphatic carbocycles. The van der Waals surface area contributed by atoms with Crippen LogP contribution in [0.25, 0.3) is 10.9 Å². The summed E-state index contributed by atoms with van der Waals surface area (Å²) in [7, 11) is 0. The van der Waals surface area contributed by atoms with Crippen molar-refractivity contribution in [1.82, 2.24) is 4.98 Å². The van der Waals surface area contributed by atoms with Gasteiger partial charge in [-0.05, 0) is 30.0 Å². The van der Waals surface area contributed by atoms with Gasteiger partial charge in [-0.3, -0.25) is 4.79 Å². The molecule has 3 heteroatoms. The van der Waals surface area contributed by atoms with Gasteiger partial charge in [-0.25, -0.2) is 0 Å². The second-order valence-corrected chi connectivity index (χ2v) is 3.42. The van der Waals surface area contributed by atoms with E-state index in [1.807, 2.05) is 18.2 Å². The molecule has 0 saturated heterocycles. The van der Waals surface area contributed by atoms with Crippen LogP contribution in [-0.4, -0.2) is 11.6 Å². The third kappa shape index (κ3) is 2.18. The maximum absolute atomic E-state index is 11.1. The van der Waals surface area contributed by atoms with E-state index in [4.69, 9.17) is 4.74 Å². The van der Waals surface area contributed by atoms with Crippen molar-refractivity contribution in [2.24, 2.45) is 0 Å². The number of H-pyrrole nitrogens is 1. The number of ether oxygens (including phenoxy) is 1. The van der Waals surface area contributed by atoms with E-state index in [1.165, 1.54) is 6.07 Å². The quantitative estimate of drug-likeness (QED) is 0.831. The Hall–Kier alpha value is -1.77. The lowest BCUT2D eigenvalue weighted by molar-refractivity contribution is 0.318. The third-order valence-electron chi connectivity index (χ3n) is 2.17. The molecule has 0 atom stereocenters. The van der Waals surface area contributed by atoms with E-state index < -0.39 is 0 Å². The molecule has 1 heterocycles. The molecule has 78 valence electrons. The topological polar surface area (TPSA) is 42.1 Å². The Labute approximate surface area is 87.7 Å². The number of hydrogen-bond donors (Lipinski definition) is 1. The van der Waals surface area contributed by atoms with E-state index in [2.05, 4.69) is 11.9 Å². The van der Waals surface area contributed by atoms with Crippen molar-refractivity contribution in [3.05, 3.63) is 40.7 Å². The van der Waals surface area contributed by atoms with Crippen molar-refractivity contribution in [2.75, 3.05) is 6.61 Å². The smallest absolute Gasteiger partial charge is 0.248 e. The Morgan fingerprint density at radius 3 is 2.87 bits per heavy atom. The van der Waals surface area contributed by atoms with Crippen LogP contribution in [0, 0.1) is 0 Å². The van der Waals surface area contributed by atoms with Crippen LogP contribution in [0.4, 0.5) is 0 Å². The van der Waals surface area contributed by atoms with Crippen LogP contribution in [0.1, 0.15) is 13.3 Å². The zero-order chi connectivity index (χ0) is 10.7. The van der Waals surface area contributed by atoms with Crippen molar-refractivity contribution in [2.45, 2.75) is 13.3 Å². The van der Waals surface area contributed by atoms with E-state index >= 15 is 0 Å². The molecule has 2 rings (SSSR count). The normalized spacial score (nSPS) is 10.5. The number of hydrogen-bond acceptors (Lipinski definition) is 2. The first-order valence-corrected chi connectivity index (χ1v) is 5.05. The zero-order valence-corrected chi connectivity index (χ0v) is 8.62. The van der Waals surface area contributed by atoms with Crippen LogP contribution in [-0.2, 0) is 0 Å². The largest absolute Gasteiger partial charge is 0.494 e. The van der Waals surface area contributed by atoms with Gasteiger partial charge in [0.15, 0.2) is 0 Å². The molecular formula is C12H13NO2. The number of pyridine rings is 1. The van der Waals surface area contributed by atoms with Gasteiger partial charge in [0.1, 0.15) is 5.75 Å². The molecule has 0 spiro atoms. The van der Waals surface area contributed by atoms with E-state index in [0.29, 0.717) is 6.61 Å². The second-order valence-electron chi connectivity index (χ2n) is 3.42. The Kier molecular flexibility index (Phi) is 2.72. The van der Waals surface area contributed by atoms with Gasteiger partial charge in [0, 0.05) is 12.1 Å². The fraction of sp³-hybridized carbons (Fsp3) is 0.250. The minimum Gasteiger partial charge on any atom is -0.494 e. The molecule has 0 bridgehead atoms. The maximum atomic E-state index is 11.1. The lowest BCUT2D eigenvalue weighted by atomic mass is 10.2. The highest BCUT2D eigenvalue weighted by atomic mass is 16.5. The van der Waals surface area contributed by atoms with Crippen molar-refractivity contribution in [3.63, 3.8) is 0 Å². The van der Waals surface area contributed by atoms with Gasteiger partial charge in [-0.1, -0.05) is 6.92 Å². The van der Waals surface area contributed by atoms with Gasteiger partial charge in [-0.2, -0.15) is 0 Å². The highest BCUT2D eigenvalue weighted by Gasteiger charge is 1.97. The molecule has 0 aliphatic heterocycles. The Morgan fingerprint density at radius 2 is 2.07 bits per heavy atom. The summed E-state index contributed by atoms with van der Waals surface area (Å²) < 4.78 is 5.48. The van der Waals surface area contributed by atoms with Gasteiger partial charge in [0.2, 0.25) is 5.56 Å². The van der Waals surface area contributed by atoms with E-state index in [-0.39, 0.29) is 5.56 Å². The molecule has 15 heavy (non-hydrogen) atoms. The van der Waals surface area contributed by atoms with Gasteiger partial charge in [-0.15, -0.1) is 0 Å². The fourth-order valence-corrected chi connectivity index (χ4v) is 1.44. The minimum atomic E-state index is -0.0878. The van der Waals surface area contributed by atoms with Crippen molar-refractivity contribution < 1.29 is 4.74 Å². The molecule has 2 aromatic rings. The summed E-state index contributed by atoms with van der Waals surface area (Å²) in [4.78, 5) is 13.9. The highest BCUT2D eigenvalue weighted by Crippen LogP contribution is 2.17. The third-order valence-corrected chi connectivity index (χ3v) is 2.17. The van der Waals surface area contributed by atoms with E-state index in [0.717, 1.165) is 23.1 Å². The zero-order valence-electron chi connectivity index (χ0n) is 8.62.